The van der Waals surface area contributed by atoms with Gasteiger partial charge >= 0.3 is 0 Å². The van der Waals surface area contributed by atoms with E-state index < -0.39 is 0 Å². The zero-order valence-corrected chi connectivity index (χ0v) is 16.5. The number of nitrogens with one attached hydrogen (secondary N) is 1. The number of hydrazone groups is 1. The van der Waals surface area contributed by atoms with E-state index in [1.807, 2.05) is 61.0 Å². The molecule has 0 atom stereocenters. The Kier molecular flexibility index (Phi) is 6.26. The fourth-order valence-corrected chi connectivity index (χ4v) is 3.21. The van der Waals surface area contributed by atoms with E-state index in [-0.39, 0.29) is 11.7 Å². The van der Waals surface area contributed by atoms with Gasteiger partial charge in [-0.15, -0.1) is 10.2 Å². The van der Waals surface area contributed by atoms with Gasteiger partial charge in [0.05, 0.1) is 12.0 Å². The fourth-order valence-electron chi connectivity index (χ4n) is 2.31. The molecule has 0 spiro atoms. The second-order valence-corrected chi connectivity index (χ2v) is 7.25. The van der Waals surface area contributed by atoms with Crippen LogP contribution in [-0.2, 0) is 11.8 Å². The Morgan fingerprint density at radius 3 is 2.78 bits per heavy atom. The van der Waals surface area contributed by atoms with E-state index in [9.17, 15) is 4.79 Å². The lowest BCUT2D eigenvalue weighted by atomic mass is 10.2. The molecule has 0 aliphatic rings. The van der Waals surface area contributed by atoms with Crippen LogP contribution in [0.15, 0.2) is 58.8 Å². The summed E-state index contributed by atoms with van der Waals surface area (Å²) in [5.41, 5.74) is 5.49. The van der Waals surface area contributed by atoms with Gasteiger partial charge in [0.15, 0.2) is 11.0 Å². The Hall–Kier alpha value is -2.64. The van der Waals surface area contributed by atoms with Crippen LogP contribution in [0.4, 0.5) is 0 Å². The summed E-state index contributed by atoms with van der Waals surface area (Å²) >= 11 is 7.32. The van der Waals surface area contributed by atoms with Gasteiger partial charge in [-0.1, -0.05) is 65.3 Å². The van der Waals surface area contributed by atoms with Gasteiger partial charge in [0.25, 0.3) is 5.91 Å². The maximum absolute atomic E-state index is 12.0. The first-order chi connectivity index (χ1) is 13.0. The van der Waals surface area contributed by atoms with Gasteiger partial charge in [-0.05, 0) is 24.6 Å². The Balaban J connectivity index is 1.55. The van der Waals surface area contributed by atoms with E-state index in [4.69, 9.17) is 11.6 Å². The minimum absolute atomic E-state index is 0.187. The third-order valence-electron chi connectivity index (χ3n) is 3.73. The highest BCUT2D eigenvalue weighted by atomic mass is 35.5. The van der Waals surface area contributed by atoms with Gasteiger partial charge in [0.2, 0.25) is 0 Å². The first kappa shape index (κ1) is 19.1. The SMILES string of the molecule is Cc1ccc(/C=N\NC(=O)CSc2nnc(-c3cccc(Cl)c3)n2C)cc1. The predicted molar refractivity (Wildman–Crippen MR) is 109 cm³/mol. The maximum Gasteiger partial charge on any atom is 0.250 e. The molecule has 1 N–H and O–H groups in total. The maximum atomic E-state index is 12.0. The quantitative estimate of drug-likeness (QED) is 0.390. The Bertz CT molecular complexity index is 968. The number of thioether (sulfide) groups is 1. The van der Waals surface area contributed by atoms with E-state index >= 15 is 0 Å². The number of hydrogen-bond donors (Lipinski definition) is 1. The number of halogens is 1. The van der Waals surface area contributed by atoms with Crippen molar-refractivity contribution >= 4 is 35.5 Å². The normalized spacial score (nSPS) is 11.1. The molecule has 0 unspecified atom stereocenters. The number of nitrogens with zero attached hydrogens (tertiary/aromatic N) is 4. The topological polar surface area (TPSA) is 72.2 Å². The molecule has 3 rings (SSSR count). The number of rotatable bonds is 6. The van der Waals surface area contributed by atoms with E-state index in [0.29, 0.717) is 16.0 Å². The molecule has 1 aromatic heterocycles. The molecule has 138 valence electrons. The van der Waals surface area contributed by atoms with E-state index in [0.717, 1.165) is 11.1 Å². The van der Waals surface area contributed by atoms with Crippen molar-refractivity contribution in [3.63, 3.8) is 0 Å². The van der Waals surface area contributed by atoms with Crippen LogP contribution in [0.5, 0.6) is 0 Å². The Morgan fingerprint density at radius 1 is 1.26 bits per heavy atom. The van der Waals surface area contributed by atoms with Crippen LogP contribution in [-0.4, -0.2) is 32.6 Å². The lowest BCUT2D eigenvalue weighted by Crippen LogP contribution is -2.19. The second kappa shape index (κ2) is 8.83. The molecule has 6 nitrogen and oxygen atoms in total. The fraction of sp³-hybridized carbons (Fsp3) is 0.158. The molecule has 3 aromatic rings. The van der Waals surface area contributed by atoms with Crippen molar-refractivity contribution in [2.24, 2.45) is 12.1 Å². The van der Waals surface area contributed by atoms with Crippen LogP contribution in [0.3, 0.4) is 0 Å². The molecule has 27 heavy (non-hydrogen) atoms. The Morgan fingerprint density at radius 2 is 2.04 bits per heavy atom. The van der Waals surface area contributed by atoms with Crippen LogP contribution < -0.4 is 5.43 Å². The predicted octanol–water partition coefficient (Wildman–Crippen LogP) is 3.69. The summed E-state index contributed by atoms with van der Waals surface area (Å²) in [6.07, 6.45) is 1.61. The van der Waals surface area contributed by atoms with Crippen LogP contribution in [0.2, 0.25) is 5.02 Å². The van der Waals surface area contributed by atoms with Gasteiger partial charge in [0.1, 0.15) is 0 Å². The number of carbonyl (C=O) groups excluding carboxylic acids is 1. The smallest absolute Gasteiger partial charge is 0.250 e. The summed E-state index contributed by atoms with van der Waals surface area (Å²) in [7, 11) is 1.85. The molecule has 1 heterocycles. The summed E-state index contributed by atoms with van der Waals surface area (Å²) in [4.78, 5) is 12.0. The van der Waals surface area contributed by atoms with E-state index in [2.05, 4.69) is 20.7 Å². The monoisotopic (exact) mass is 399 g/mol. The number of hydrogen-bond acceptors (Lipinski definition) is 5. The molecule has 0 saturated heterocycles. The van der Waals surface area contributed by atoms with Crippen LogP contribution in [0.1, 0.15) is 11.1 Å². The van der Waals surface area contributed by atoms with Gasteiger partial charge in [-0.3, -0.25) is 4.79 Å². The summed E-state index contributed by atoms with van der Waals surface area (Å²) in [5.74, 6) is 0.667. The van der Waals surface area contributed by atoms with Crippen LogP contribution in [0, 0.1) is 6.92 Å². The standard InChI is InChI=1S/C19H18ClN5OS/c1-13-6-8-14(9-7-13)11-21-22-17(26)12-27-19-24-23-18(25(19)2)15-4-3-5-16(20)10-15/h3-11H,12H2,1-2H3,(H,22,26)/b21-11-. The number of carbonyl (C=O) groups is 1. The van der Waals surface area contributed by atoms with Gasteiger partial charge in [0, 0.05) is 17.6 Å². The van der Waals surface area contributed by atoms with Gasteiger partial charge in [-0.2, -0.15) is 5.10 Å². The van der Waals surface area contributed by atoms with Crippen molar-refractivity contribution in [3.8, 4) is 11.4 Å². The lowest BCUT2D eigenvalue weighted by molar-refractivity contribution is -0.118. The highest BCUT2D eigenvalue weighted by molar-refractivity contribution is 7.99. The van der Waals surface area contributed by atoms with Crippen LogP contribution in [0.25, 0.3) is 11.4 Å². The lowest BCUT2D eigenvalue weighted by Gasteiger charge is -2.04. The summed E-state index contributed by atoms with van der Waals surface area (Å²) in [5, 5.41) is 13.6. The van der Waals surface area contributed by atoms with E-state index in [1.165, 1.54) is 17.3 Å². The van der Waals surface area contributed by atoms with Gasteiger partial charge in [-0.25, -0.2) is 5.43 Å². The number of benzene rings is 2. The molecular weight excluding hydrogens is 382 g/mol. The molecule has 8 heteroatoms. The molecule has 0 radical (unpaired) electrons. The van der Waals surface area contributed by atoms with Crippen molar-refractivity contribution in [1.82, 2.24) is 20.2 Å². The van der Waals surface area contributed by atoms with Gasteiger partial charge < -0.3 is 4.57 Å². The molecule has 0 aliphatic heterocycles. The third kappa shape index (κ3) is 5.18. The molecule has 0 aliphatic carbocycles. The minimum Gasteiger partial charge on any atom is -0.305 e. The highest BCUT2D eigenvalue weighted by Crippen LogP contribution is 2.24. The number of aryl methyl sites for hydroxylation is 1. The molecule has 2 aromatic carbocycles. The second-order valence-electron chi connectivity index (χ2n) is 5.87. The molecule has 1 amide bonds. The number of amides is 1. The minimum atomic E-state index is -0.212. The molecule has 0 saturated carbocycles. The van der Waals surface area contributed by atoms with E-state index in [1.54, 1.807) is 12.3 Å². The first-order valence-corrected chi connectivity index (χ1v) is 9.56. The molecule has 0 fully saturated rings. The zero-order valence-electron chi connectivity index (χ0n) is 14.9. The Labute approximate surface area is 166 Å². The third-order valence-corrected chi connectivity index (χ3v) is 4.99. The average Bonchev–Trinajstić information content (AvgIpc) is 3.02. The van der Waals surface area contributed by atoms with Crippen molar-refractivity contribution in [2.45, 2.75) is 12.1 Å². The van der Waals surface area contributed by atoms with Crippen molar-refractivity contribution in [2.75, 3.05) is 5.75 Å². The van der Waals surface area contributed by atoms with Crippen molar-refractivity contribution in [1.29, 1.82) is 0 Å². The first-order valence-electron chi connectivity index (χ1n) is 8.19. The average molecular weight is 400 g/mol. The number of aromatic nitrogens is 3. The summed E-state index contributed by atoms with van der Waals surface area (Å²) < 4.78 is 1.83. The largest absolute Gasteiger partial charge is 0.305 e. The zero-order chi connectivity index (χ0) is 19.2. The summed E-state index contributed by atoms with van der Waals surface area (Å²) in [6.45, 7) is 2.02. The summed E-state index contributed by atoms with van der Waals surface area (Å²) in [6, 6.07) is 15.3. The van der Waals surface area contributed by atoms with Crippen LogP contribution >= 0.6 is 23.4 Å². The van der Waals surface area contributed by atoms with Crippen molar-refractivity contribution < 1.29 is 4.79 Å². The highest BCUT2D eigenvalue weighted by Gasteiger charge is 2.13. The van der Waals surface area contributed by atoms with Crippen molar-refractivity contribution in [3.05, 3.63) is 64.7 Å². The molecular formula is C19H18ClN5OS. The molecule has 0 bridgehead atoms.